The first kappa shape index (κ1) is 16.2. The van der Waals surface area contributed by atoms with Crippen molar-refractivity contribution in [1.82, 2.24) is 9.97 Å². The van der Waals surface area contributed by atoms with Crippen LogP contribution in [0, 0.1) is 5.82 Å². The Morgan fingerprint density at radius 3 is 2.65 bits per heavy atom. The van der Waals surface area contributed by atoms with Gasteiger partial charge in [0.05, 0.1) is 35.0 Å². The van der Waals surface area contributed by atoms with Crippen LogP contribution in [0.25, 0.3) is 11.3 Å². The number of carboxylic acids is 1. The molecule has 0 spiro atoms. The van der Waals surface area contributed by atoms with E-state index in [0.717, 1.165) is 24.6 Å². The molecule has 5 nitrogen and oxygen atoms in total. The summed E-state index contributed by atoms with van der Waals surface area (Å²) in [5.74, 6) is -0.929. The highest BCUT2D eigenvalue weighted by Crippen LogP contribution is 2.41. The molecule has 26 heavy (non-hydrogen) atoms. The summed E-state index contributed by atoms with van der Waals surface area (Å²) in [6, 6.07) is 10.5. The van der Waals surface area contributed by atoms with Gasteiger partial charge in [0.15, 0.2) is 5.82 Å². The second kappa shape index (κ2) is 6.55. The number of carbonyl (C=O) groups is 1. The van der Waals surface area contributed by atoms with Crippen molar-refractivity contribution in [1.29, 1.82) is 0 Å². The van der Waals surface area contributed by atoms with Gasteiger partial charge in [-0.2, -0.15) is 0 Å². The average molecular weight is 349 g/mol. The van der Waals surface area contributed by atoms with Gasteiger partial charge in [-0.15, -0.1) is 0 Å². The van der Waals surface area contributed by atoms with Crippen molar-refractivity contribution in [3.63, 3.8) is 0 Å². The van der Waals surface area contributed by atoms with Crippen LogP contribution in [0.3, 0.4) is 0 Å². The summed E-state index contributed by atoms with van der Waals surface area (Å²) in [5.41, 5.74) is 3.29. The fraction of sp³-hybridized carbons (Fsp3) is 0.150. The number of nitrogens with zero attached hydrogens (tertiary/aromatic N) is 2. The Kier molecular flexibility index (Phi) is 4.08. The van der Waals surface area contributed by atoms with E-state index in [2.05, 4.69) is 15.3 Å². The molecule has 6 heteroatoms. The van der Waals surface area contributed by atoms with Crippen molar-refractivity contribution < 1.29 is 14.3 Å². The summed E-state index contributed by atoms with van der Waals surface area (Å²) < 4.78 is 13.8. The molecule has 0 saturated heterocycles. The van der Waals surface area contributed by atoms with Gasteiger partial charge in [0.25, 0.3) is 0 Å². The molecule has 2 heterocycles. The van der Waals surface area contributed by atoms with Crippen LogP contribution in [-0.2, 0) is 0 Å². The summed E-state index contributed by atoms with van der Waals surface area (Å²) in [6.07, 6.45) is 6.43. The highest BCUT2D eigenvalue weighted by molar-refractivity contribution is 5.95. The molecule has 130 valence electrons. The number of hydrogen-bond acceptors (Lipinski definition) is 4. The van der Waals surface area contributed by atoms with Crippen molar-refractivity contribution >= 4 is 17.3 Å². The Labute approximate surface area is 149 Å². The van der Waals surface area contributed by atoms with E-state index in [1.807, 2.05) is 6.07 Å². The number of rotatable bonds is 5. The van der Waals surface area contributed by atoms with E-state index in [1.54, 1.807) is 36.5 Å². The van der Waals surface area contributed by atoms with Gasteiger partial charge < -0.3 is 10.4 Å². The van der Waals surface area contributed by atoms with E-state index in [4.69, 9.17) is 0 Å². The lowest BCUT2D eigenvalue weighted by Gasteiger charge is -2.11. The summed E-state index contributed by atoms with van der Waals surface area (Å²) in [6.45, 7) is 0. The van der Waals surface area contributed by atoms with Gasteiger partial charge in [-0.25, -0.2) is 9.18 Å². The van der Waals surface area contributed by atoms with E-state index in [-0.39, 0.29) is 5.56 Å². The Bertz CT molecular complexity index is 969. The molecule has 0 atom stereocenters. The van der Waals surface area contributed by atoms with Crippen LogP contribution in [0.1, 0.15) is 34.7 Å². The zero-order valence-electron chi connectivity index (χ0n) is 13.8. The Morgan fingerprint density at radius 1 is 1.15 bits per heavy atom. The molecule has 1 aromatic carbocycles. The molecule has 1 aliphatic carbocycles. The SMILES string of the molecule is O=C(O)c1cc(C2CC2)ccc1Nc1ccc(-c2ccncc2F)nc1. The highest BCUT2D eigenvalue weighted by atomic mass is 19.1. The first-order valence-electron chi connectivity index (χ1n) is 8.32. The van der Waals surface area contributed by atoms with Crippen LogP contribution < -0.4 is 5.32 Å². The van der Waals surface area contributed by atoms with Gasteiger partial charge in [-0.05, 0) is 54.7 Å². The number of carboxylic acid groups (broad SMARTS) is 1. The van der Waals surface area contributed by atoms with Gasteiger partial charge in [0.2, 0.25) is 0 Å². The fourth-order valence-electron chi connectivity index (χ4n) is 2.88. The number of aromatic nitrogens is 2. The van der Waals surface area contributed by atoms with Crippen molar-refractivity contribution in [3.05, 3.63) is 71.9 Å². The van der Waals surface area contributed by atoms with Crippen LogP contribution in [0.5, 0.6) is 0 Å². The Hall–Kier alpha value is -3.28. The van der Waals surface area contributed by atoms with Crippen LogP contribution in [0.4, 0.5) is 15.8 Å². The van der Waals surface area contributed by atoms with Crippen molar-refractivity contribution in [2.45, 2.75) is 18.8 Å². The third-order valence-electron chi connectivity index (χ3n) is 4.41. The first-order chi connectivity index (χ1) is 12.6. The zero-order chi connectivity index (χ0) is 18.1. The van der Waals surface area contributed by atoms with Crippen LogP contribution in [0.15, 0.2) is 55.0 Å². The standard InChI is InChI=1S/C20H16FN3O2/c21-17-11-22-8-7-15(17)18-6-4-14(10-23-18)24-19-5-3-13(12-1-2-12)9-16(19)20(25)26/h3-12,24H,1-2H2,(H,25,26). The largest absolute Gasteiger partial charge is 0.478 e. The second-order valence-corrected chi connectivity index (χ2v) is 6.30. The van der Waals surface area contributed by atoms with Gasteiger partial charge in [0, 0.05) is 11.8 Å². The topological polar surface area (TPSA) is 75.1 Å². The molecule has 2 N–H and O–H groups in total. The maximum Gasteiger partial charge on any atom is 0.337 e. The molecule has 1 aliphatic rings. The Morgan fingerprint density at radius 2 is 2.00 bits per heavy atom. The van der Waals surface area contributed by atoms with Crippen molar-refractivity contribution in [3.8, 4) is 11.3 Å². The lowest BCUT2D eigenvalue weighted by molar-refractivity contribution is 0.0698. The van der Waals surface area contributed by atoms with Crippen LogP contribution in [0.2, 0.25) is 0 Å². The average Bonchev–Trinajstić information content (AvgIpc) is 3.48. The van der Waals surface area contributed by atoms with Gasteiger partial charge in [-0.1, -0.05) is 6.07 Å². The molecular formula is C20H16FN3O2. The van der Waals surface area contributed by atoms with Gasteiger partial charge in [-0.3, -0.25) is 9.97 Å². The maximum absolute atomic E-state index is 13.8. The van der Waals surface area contributed by atoms with E-state index in [1.165, 1.54) is 6.20 Å². The number of anilines is 2. The number of pyridine rings is 2. The number of nitrogens with one attached hydrogen (secondary N) is 1. The summed E-state index contributed by atoms with van der Waals surface area (Å²) in [5, 5.41) is 12.6. The number of halogens is 1. The molecule has 2 aromatic heterocycles. The molecule has 3 aromatic rings. The van der Waals surface area contributed by atoms with Crippen LogP contribution >= 0.6 is 0 Å². The third kappa shape index (κ3) is 3.26. The third-order valence-corrected chi connectivity index (χ3v) is 4.41. The minimum Gasteiger partial charge on any atom is -0.478 e. The van der Waals surface area contributed by atoms with Crippen molar-refractivity contribution in [2.24, 2.45) is 0 Å². The first-order valence-corrected chi connectivity index (χ1v) is 8.32. The quantitative estimate of drug-likeness (QED) is 0.704. The monoisotopic (exact) mass is 349 g/mol. The highest BCUT2D eigenvalue weighted by Gasteiger charge is 2.25. The predicted molar refractivity (Wildman–Crippen MR) is 96.1 cm³/mol. The predicted octanol–water partition coefficient (Wildman–Crippen LogP) is 4.60. The van der Waals surface area contributed by atoms with E-state index >= 15 is 0 Å². The van der Waals surface area contributed by atoms with Crippen LogP contribution in [-0.4, -0.2) is 21.0 Å². The lowest BCUT2D eigenvalue weighted by Crippen LogP contribution is -2.04. The minimum absolute atomic E-state index is 0.235. The van der Waals surface area contributed by atoms with E-state index < -0.39 is 11.8 Å². The molecule has 1 saturated carbocycles. The lowest BCUT2D eigenvalue weighted by atomic mass is 10.0. The molecule has 0 bridgehead atoms. The minimum atomic E-state index is -0.974. The number of aromatic carboxylic acids is 1. The Balaban J connectivity index is 1.59. The van der Waals surface area contributed by atoms with Crippen molar-refractivity contribution in [2.75, 3.05) is 5.32 Å². The maximum atomic E-state index is 13.8. The molecule has 0 radical (unpaired) electrons. The summed E-state index contributed by atoms with van der Waals surface area (Å²) in [4.78, 5) is 19.6. The normalized spacial score (nSPS) is 13.4. The second-order valence-electron chi connectivity index (χ2n) is 6.30. The fourth-order valence-corrected chi connectivity index (χ4v) is 2.88. The molecule has 0 unspecified atom stereocenters. The summed E-state index contributed by atoms with van der Waals surface area (Å²) in [7, 11) is 0. The molecule has 1 fully saturated rings. The van der Waals surface area contributed by atoms with E-state index in [9.17, 15) is 14.3 Å². The van der Waals surface area contributed by atoms with Gasteiger partial charge >= 0.3 is 5.97 Å². The number of benzene rings is 1. The molecule has 0 amide bonds. The smallest absolute Gasteiger partial charge is 0.337 e. The molecular weight excluding hydrogens is 333 g/mol. The summed E-state index contributed by atoms with van der Waals surface area (Å²) >= 11 is 0. The molecule has 0 aliphatic heterocycles. The zero-order valence-corrected chi connectivity index (χ0v) is 13.8. The van der Waals surface area contributed by atoms with E-state index in [0.29, 0.717) is 28.6 Å². The van der Waals surface area contributed by atoms with Gasteiger partial charge in [0.1, 0.15) is 0 Å². The number of hydrogen-bond donors (Lipinski definition) is 2. The molecule has 4 rings (SSSR count).